The van der Waals surface area contributed by atoms with Crippen LogP contribution in [0.4, 0.5) is 13.6 Å². The van der Waals surface area contributed by atoms with Gasteiger partial charge >= 0.3 is 6.09 Å². The number of Topliss-reactive ketones (excluding diaryl/α,β-unsaturated/α-hetero) is 1. The number of methoxy groups -OCH3 is 2. The summed E-state index contributed by atoms with van der Waals surface area (Å²) in [6.45, 7) is 2.64. The highest BCUT2D eigenvalue weighted by atomic mass is 35.5. The maximum Gasteiger partial charge on any atom is 0.407 e. The lowest BCUT2D eigenvalue weighted by Gasteiger charge is -2.40. The Hall–Kier alpha value is -4.36. The number of nitrogens with one attached hydrogen (secondary N) is 2. The summed E-state index contributed by atoms with van der Waals surface area (Å²) in [5.41, 5.74) is 2.12. The van der Waals surface area contributed by atoms with Crippen LogP contribution in [0.15, 0.2) is 95.9 Å². The van der Waals surface area contributed by atoms with E-state index in [0.29, 0.717) is 35.0 Å². The molecule has 0 unspecified atom stereocenters. The number of benzene rings is 4. The van der Waals surface area contributed by atoms with Gasteiger partial charge in [0, 0.05) is 42.5 Å². The number of carbonyl (C=O) groups excluding carboxylic acids is 2. The van der Waals surface area contributed by atoms with Crippen LogP contribution in [0, 0.1) is 11.6 Å². The molecule has 4 atom stereocenters. The molecule has 1 amide bonds. The van der Waals surface area contributed by atoms with Gasteiger partial charge in [-0.15, -0.1) is 0 Å². The smallest absolute Gasteiger partial charge is 0.407 e. The predicted molar refractivity (Wildman–Crippen MR) is 195 cm³/mol. The maximum atomic E-state index is 15.6. The van der Waals surface area contributed by atoms with Gasteiger partial charge in [0.2, 0.25) is 10.0 Å². The Morgan fingerprint density at radius 2 is 1.65 bits per heavy atom. The van der Waals surface area contributed by atoms with Gasteiger partial charge in [0.25, 0.3) is 0 Å². The number of rotatable bonds is 14. The highest BCUT2D eigenvalue weighted by molar-refractivity contribution is 7.89. The summed E-state index contributed by atoms with van der Waals surface area (Å²) in [6, 6.07) is 21.4. The molecule has 0 spiro atoms. The largest absolute Gasteiger partial charge is 0.497 e. The number of ketones is 1. The minimum atomic E-state index is -3.91. The van der Waals surface area contributed by atoms with Gasteiger partial charge < -0.3 is 20.1 Å². The van der Waals surface area contributed by atoms with E-state index in [-0.39, 0.29) is 42.2 Å². The summed E-state index contributed by atoms with van der Waals surface area (Å²) >= 11 is 6.17. The first-order valence-electron chi connectivity index (χ1n) is 16.9. The first-order valence-corrected chi connectivity index (χ1v) is 18.7. The number of hydrogen-bond acceptors (Lipinski definition) is 7. The molecule has 5 rings (SSSR count). The van der Waals surface area contributed by atoms with Gasteiger partial charge in [0.15, 0.2) is 5.78 Å². The number of amides is 1. The number of alkyl carbamates (subject to hydrolysis) is 1. The normalized spacial score (nSPS) is 17.6. The van der Waals surface area contributed by atoms with E-state index in [9.17, 15) is 22.4 Å². The van der Waals surface area contributed by atoms with Crippen LogP contribution in [-0.4, -0.2) is 70.0 Å². The Morgan fingerprint density at radius 3 is 2.31 bits per heavy atom. The second-order valence-corrected chi connectivity index (χ2v) is 15.1. The Labute approximate surface area is 308 Å². The molecule has 0 aromatic heterocycles. The second kappa shape index (κ2) is 17.4. The van der Waals surface area contributed by atoms with Gasteiger partial charge in [-0.1, -0.05) is 48.0 Å². The van der Waals surface area contributed by atoms with Crippen molar-refractivity contribution in [1.82, 2.24) is 14.9 Å². The zero-order valence-corrected chi connectivity index (χ0v) is 30.7. The molecule has 13 heteroatoms. The number of piperazine rings is 1. The van der Waals surface area contributed by atoms with E-state index >= 15 is 4.39 Å². The molecule has 1 heterocycles. The van der Waals surface area contributed by atoms with Crippen LogP contribution in [-0.2, 0) is 38.8 Å². The lowest BCUT2D eigenvalue weighted by atomic mass is 9.82. The minimum Gasteiger partial charge on any atom is -0.497 e. The molecule has 1 aliphatic rings. The maximum absolute atomic E-state index is 15.6. The van der Waals surface area contributed by atoms with Crippen LogP contribution < -0.4 is 15.4 Å². The average Bonchev–Trinajstić information content (AvgIpc) is 3.13. The molecule has 0 saturated carbocycles. The molecule has 2 N–H and O–H groups in total. The number of hydrogen-bond donors (Lipinski definition) is 2. The van der Waals surface area contributed by atoms with Gasteiger partial charge in [-0.25, -0.2) is 22.0 Å². The Bertz CT molecular complexity index is 1950. The number of sulfonamides is 1. The molecular weight excluding hydrogens is 712 g/mol. The SMILES string of the molecule is COC(=O)N[C@H](C(=O)Cc1cccc(F)c1CC[C@H]1CNC[C@H](C)N1S(=O)(=O)c1ccc(OC)cc1)[C@@H](Cc1ccc(F)cc1)c1ccc(Cl)cc1. The van der Waals surface area contributed by atoms with Crippen molar-refractivity contribution in [2.75, 3.05) is 27.3 Å². The van der Waals surface area contributed by atoms with Crippen molar-refractivity contribution in [3.05, 3.63) is 130 Å². The van der Waals surface area contributed by atoms with Crippen LogP contribution >= 0.6 is 11.6 Å². The lowest BCUT2D eigenvalue weighted by Crippen LogP contribution is -2.58. The monoisotopic (exact) mass is 753 g/mol. The third kappa shape index (κ3) is 9.35. The van der Waals surface area contributed by atoms with Crippen molar-refractivity contribution in [2.24, 2.45) is 0 Å². The van der Waals surface area contributed by atoms with Crippen LogP contribution in [0.1, 0.15) is 41.5 Å². The van der Waals surface area contributed by atoms with Crippen molar-refractivity contribution < 1.29 is 36.3 Å². The van der Waals surface area contributed by atoms with Crippen LogP contribution in [0.2, 0.25) is 5.02 Å². The van der Waals surface area contributed by atoms with Crippen molar-refractivity contribution in [3.63, 3.8) is 0 Å². The molecule has 0 bridgehead atoms. The van der Waals surface area contributed by atoms with Crippen molar-refractivity contribution in [3.8, 4) is 5.75 Å². The first-order chi connectivity index (χ1) is 24.9. The van der Waals surface area contributed by atoms with Crippen LogP contribution in [0.25, 0.3) is 0 Å². The highest BCUT2D eigenvalue weighted by Gasteiger charge is 2.38. The standard InChI is InChI=1S/C39H42ClF2N3O6S/c1-25-23-43-24-31(45(25)52(48,49)33-18-16-32(50-2)17-19-33)15-20-34-28(5-4-6-36(34)42)22-37(46)38(44-39(47)51-3)35(27-9-11-29(40)12-10-27)21-26-7-13-30(41)14-8-26/h4-14,16-19,25,31,35,38,43H,15,20-24H2,1-3H3,(H,44,47)/t25-,31-,35-,38-/m0/s1. The van der Waals surface area contributed by atoms with Crippen molar-refractivity contribution in [1.29, 1.82) is 0 Å². The molecule has 276 valence electrons. The van der Waals surface area contributed by atoms with Gasteiger partial charge in [-0.2, -0.15) is 4.31 Å². The molecule has 1 fully saturated rings. The summed E-state index contributed by atoms with van der Waals surface area (Å²) in [7, 11) is -1.22. The summed E-state index contributed by atoms with van der Waals surface area (Å²) in [4.78, 5) is 27.1. The molecule has 1 aliphatic heterocycles. The number of ether oxygens (including phenoxy) is 2. The zero-order valence-electron chi connectivity index (χ0n) is 29.2. The summed E-state index contributed by atoms with van der Waals surface area (Å²) in [6.07, 6.45) is -0.384. The van der Waals surface area contributed by atoms with Gasteiger partial charge in [-0.3, -0.25) is 4.79 Å². The predicted octanol–water partition coefficient (Wildman–Crippen LogP) is 6.47. The summed E-state index contributed by atoms with van der Waals surface area (Å²) < 4.78 is 68.8. The van der Waals surface area contributed by atoms with Crippen LogP contribution in [0.5, 0.6) is 5.75 Å². The Kier molecular flexibility index (Phi) is 13.0. The lowest BCUT2D eigenvalue weighted by molar-refractivity contribution is -0.120. The second-order valence-electron chi connectivity index (χ2n) is 12.8. The molecule has 4 aromatic rings. The fourth-order valence-electron chi connectivity index (χ4n) is 6.79. The van der Waals surface area contributed by atoms with E-state index in [2.05, 4.69) is 10.6 Å². The fourth-order valence-corrected chi connectivity index (χ4v) is 8.76. The van der Waals surface area contributed by atoms with Gasteiger partial charge in [0.05, 0.1) is 25.2 Å². The number of carbonyl (C=O) groups is 2. The average molecular weight is 754 g/mol. The van der Waals surface area contributed by atoms with E-state index in [1.54, 1.807) is 54.6 Å². The molecular formula is C39H42ClF2N3O6S. The summed E-state index contributed by atoms with van der Waals surface area (Å²) in [5, 5.41) is 6.47. The van der Waals surface area contributed by atoms with Crippen LogP contribution in [0.3, 0.4) is 0 Å². The quantitative estimate of drug-likeness (QED) is 0.152. The third-order valence-corrected chi connectivity index (χ3v) is 11.8. The minimum absolute atomic E-state index is 0.129. The molecule has 0 radical (unpaired) electrons. The van der Waals surface area contributed by atoms with E-state index in [1.807, 2.05) is 6.92 Å². The molecule has 0 aliphatic carbocycles. The number of halogens is 3. The zero-order chi connectivity index (χ0) is 37.4. The van der Waals surface area contributed by atoms with E-state index in [1.165, 1.54) is 54.9 Å². The summed E-state index contributed by atoms with van der Waals surface area (Å²) in [5.74, 6) is -1.44. The van der Waals surface area contributed by atoms with E-state index in [0.717, 1.165) is 5.56 Å². The van der Waals surface area contributed by atoms with E-state index in [4.69, 9.17) is 21.1 Å². The van der Waals surface area contributed by atoms with Crippen molar-refractivity contribution in [2.45, 2.75) is 61.5 Å². The Balaban J connectivity index is 1.42. The fraction of sp³-hybridized carbons (Fsp3) is 0.333. The molecule has 52 heavy (non-hydrogen) atoms. The van der Waals surface area contributed by atoms with Gasteiger partial charge in [-0.05, 0) is 103 Å². The first kappa shape index (κ1) is 38.9. The topological polar surface area (TPSA) is 114 Å². The molecule has 1 saturated heterocycles. The third-order valence-electron chi connectivity index (χ3n) is 9.43. The molecule has 4 aromatic carbocycles. The highest BCUT2D eigenvalue weighted by Crippen LogP contribution is 2.30. The Morgan fingerprint density at radius 1 is 0.962 bits per heavy atom. The van der Waals surface area contributed by atoms with Gasteiger partial charge in [0.1, 0.15) is 17.4 Å². The van der Waals surface area contributed by atoms with Crippen molar-refractivity contribution >= 4 is 33.5 Å². The van der Waals surface area contributed by atoms with E-state index < -0.39 is 51.5 Å². The molecule has 9 nitrogen and oxygen atoms in total. The number of nitrogens with zero attached hydrogens (tertiary/aromatic N) is 1.